The first-order chi connectivity index (χ1) is 36.5. The van der Waals surface area contributed by atoms with E-state index in [1.54, 1.807) is 55.3 Å². The van der Waals surface area contributed by atoms with Crippen LogP contribution in [0, 0.1) is 0 Å². The van der Waals surface area contributed by atoms with Gasteiger partial charge in [0, 0.05) is 69.9 Å². The third-order valence-electron chi connectivity index (χ3n) is 13.0. The van der Waals surface area contributed by atoms with Crippen LogP contribution in [-0.4, -0.2) is 175 Å². The SMILES string of the molecule is CC=C1CC2C=Nc3cc(OCc4cc(OCCN(CCCC(=O)OCC)C(=O)CCOCCOCCOCCOC)cc(COc5cc6c(cc5OC)C(=O)N5CC(=CC)CC5C=N6)n4)c(OC)cc3C(=O)N2C1. The molecule has 1 aromatic heterocycles. The largest absolute Gasteiger partial charge is 0.493 e. The maximum atomic E-state index is 13.8. The Bertz CT molecular complexity index is 2460. The van der Waals surface area contributed by atoms with Crippen LogP contribution < -0.4 is 23.7 Å². The molecule has 3 amide bonds. The van der Waals surface area contributed by atoms with Gasteiger partial charge in [0.05, 0.1) is 126 Å². The predicted molar refractivity (Wildman–Crippen MR) is 278 cm³/mol. The minimum atomic E-state index is -0.337. The number of benzene rings is 2. The van der Waals surface area contributed by atoms with E-state index < -0.39 is 0 Å². The summed E-state index contributed by atoms with van der Waals surface area (Å²) in [6.07, 6.45) is 9.81. The molecule has 2 atom stereocenters. The van der Waals surface area contributed by atoms with Crippen LogP contribution in [0.1, 0.15) is 85.0 Å². The molecule has 0 saturated carbocycles. The van der Waals surface area contributed by atoms with E-state index in [2.05, 4.69) is 0 Å². The number of ether oxygens (including phenoxy) is 10. The van der Waals surface area contributed by atoms with Crippen molar-refractivity contribution in [2.24, 2.45) is 9.98 Å². The van der Waals surface area contributed by atoms with Gasteiger partial charge in [-0.1, -0.05) is 23.3 Å². The van der Waals surface area contributed by atoms with Crippen molar-refractivity contribution in [2.75, 3.05) is 107 Å². The number of hydrogen-bond acceptors (Lipinski definition) is 17. The molecule has 7 rings (SSSR count). The number of pyridine rings is 1. The lowest BCUT2D eigenvalue weighted by atomic mass is 10.1. The number of aromatic nitrogens is 1. The molecule has 0 N–H and O–H groups in total. The summed E-state index contributed by atoms with van der Waals surface area (Å²) in [5.41, 5.74) is 5.05. The fraction of sp³-hybridized carbons (Fsp3) is 0.509. The van der Waals surface area contributed by atoms with Crippen LogP contribution in [0.3, 0.4) is 0 Å². The number of amides is 3. The number of esters is 1. The zero-order valence-electron chi connectivity index (χ0n) is 44.0. The lowest BCUT2D eigenvalue weighted by Crippen LogP contribution is -2.36. The van der Waals surface area contributed by atoms with Gasteiger partial charge in [-0.05, 0) is 52.2 Å². The summed E-state index contributed by atoms with van der Waals surface area (Å²) in [5.74, 6) is 1.05. The van der Waals surface area contributed by atoms with E-state index in [9.17, 15) is 19.2 Å². The van der Waals surface area contributed by atoms with Crippen molar-refractivity contribution >= 4 is 47.5 Å². The van der Waals surface area contributed by atoms with E-state index in [0.29, 0.717) is 128 Å². The number of rotatable bonds is 29. The summed E-state index contributed by atoms with van der Waals surface area (Å²) in [6.45, 7) is 10.2. The van der Waals surface area contributed by atoms with Crippen molar-refractivity contribution in [3.8, 4) is 28.7 Å². The topological polar surface area (TPSA) is 208 Å². The van der Waals surface area contributed by atoms with Crippen LogP contribution in [0.5, 0.6) is 28.7 Å². The van der Waals surface area contributed by atoms with Crippen molar-refractivity contribution in [3.63, 3.8) is 0 Å². The fourth-order valence-corrected chi connectivity index (χ4v) is 8.97. The molecule has 20 heteroatoms. The minimum Gasteiger partial charge on any atom is -0.493 e. The molecule has 0 radical (unpaired) electrons. The first-order valence-corrected chi connectivity index (χ1v) is 25.5. The van der Waals surface area contributed by atoms with Crippen LogP contribution in [0.25, 0.3) is 0 Å². The van der Waals surface area contributed by atoms with Gasteiger partial charge in [-0.2, -0.15) is 0 Å². The Balaban J connectivity index is 1.07. The standard InChI is InChI=1S/C55H70N6O14/c1-7-37-23-41-31-56-46-29-50(48(67-5)27-44(46)54(64)60(41)33-37)74-35-39-25-43(73-16-14-59(13-10-11-53(63)72-9-3)52(62)12-15-69-19-20-71-22-21-70-18-17-66-4)26-40(58-39)36-75-51-30-47-45(28-49(51)68-6)55(65)61-34-38(8-2)24-42(61)32-57-47/h7-8,25-32,41-42H,9-24,33-36H2,1-6H3. The van der Waals surface area contributed by atoms with Gasteiger partial charge in [-0.3, -0.25) is 34.1 Å². The molecule has 20 nitrogen and oxygen atoms in total. The average Bonchev–Trinajstić information content (AvgIpc) is 4.00. The molecule has 4 aliphatic heterocycles. The predicted octanol–water partition coefficient (Wildman–Crippen LogP) is 6.65. The molecule has 0 spiro atoms. The molecule has 2 aromatic carbocycles. The molecule has 2 fully saturated rings. The Hall–Kier alpha value is -6.87. The molecule has 5 heterocycles. The van der Waals surface area contributed by atoms with Crippen LogP contribution in [0.15, 0.2) is 69.7 Å². The molecular formula is C55H70N6O14. The van der Waals surface area contributed by atoms with E-state index in [4.69, 9.17) is 62.3 Å². The third kappa shape index (κ3) is 15.1. The summed E-state index contributed by atoms with van der Waals surface area (Å²) in [5, 5.41) is 0. The second-order valence-electron chi connectivity index (χ2n) is 18.0. The molecule has 75 heavy (non-hydrogen) atoms. The maximum Gasteiger partial charge on any atom is 0.305 e. The van der Waals surface area contributed by atoms with E-state index in [0.717, 1.165) is 12.8 Å². The molecule has 3 aromatic rings. The van der Waals surface area contributed by atoms with Gasteiger partial charge in [0.1, 0.15) is 25.6 Å². The van der Waals surface area contributed by atoms with Crippen molar-refractivity contribution in [1.82, 2.24) is 19.7 Å². The highest BCUT2D eigenvalue weighted by atomic mass is 16.6. The molecule has 0 aliphatic carbocycles. The summed E-state index contributed by atoms with van der Waals surface area (Å²) in [6, 6.07) is 9.88. The zero-order chi connectivity index (χ0) is 53.1. The highest BCUT2D eigenvalue weighted by Gasteiger charge is 2.36. The fourth-order valence-electron chi connectivity index (χ4n) is 8.97. The highest BCUT2D eigenvalue weighted by Crippen LogP contribution is 2.41. The minimum absolute atomic E-state index is 0.0479. The summed E-state index contributed by atoms with van der Waals surface area (Å²) < 4.78 is 57.4. The van der Waals surface area contributed by atoms with E-state index in [-0.39, 0.29) is 88.2 Å². The number of fused-ring (bicyclic) bond motifs is 4. The van der Waals surface area contributed by atoms with Crippen molar-refractivity contribution in [3.05, 3.63) is 82.2 Å². The first-order valence-electron chi connectivity index (χ1n) is 25.5. The highest BCUT2D eigenvalue weighted by molar-refractivity contribution is 6.05. The number of aliphatic imine (C=N–C) groups is 2. The first kappa shape index (κ1) is 55.9. The number of allylic oxidation sites excluding steroid dienone is 2. The average molecular weight is 1040 g/mol. The van der Waals surface area contributed by atoms with Crippen LogP contribution in [-0.2, 0) is 46.5 Å². The van der Waals surface area contributed by atoms with E-state index in [1.807, 2.05) is 48.2 Å². The van der Waals surface area contributed by atoms with Gasteiger partial charge in [0.25, 0.3) is 11.8 Å². The van der Waals surface area contributed by atoms with Gasteiger partial charge in [-0.15, -0.1) is 0 Å². The van der Waals surface area contributed by atoms with Crippen molar-refractivity contribution in [1.29, 1.82) is 0 Å². The van der Waals surface area contributed by atoms with Gasteiger partial charge in [-0.25, -0.2) is 0 Å². The molecule has 4 aliphatic rings. The van der Waals surface area contributed by atoms with Crippen molar-refractivity contribution < 1.29 is 66.5 Å². The summed E-state index contributed by atoms with van der Waals surface area (Å²) in [4.78, 5) is 73.0. The molecule has 404 valence electrons. The van der Waals surface area contributed by atoms with E-state index >= 15 is 0 Å². The lowest BCUT2D eigenvalue weighted by molar-refractivity contribution is -0.144. The molecule has 2 saturated heterocycles. The van der Waals surface area contributed by atoms with Gasteiger partial charge < -0.3 is 62.1 Å². The van der Waals surface area contributed by atoms with Gasteiger partial charge >= 0.3 is 5.97 Å². The second-order valence-corrected chi connectivity index (χ2v) is 18.0. The van der Waals surface area contributed by atoms with E-state index in [1.165, 1.54) is 25.4 Å². The zero-order valence-corrected chi connectivity index (χ0v) is 44.0. The second kappa shape index (κ2) is 28.1. The van der Waals surface area contributed by atoms with Crippen LogP contribution in [0.2, 0.25) is 0 Å². The Morgan fingerprint density at radius 3 is 1.65 bits per heavy atom. The number of carbonyl (C=O) groups is 4. The van der Waals surface area contributed by atoms with Crippen molar-refractivity contribution in [2.45, 2.75) is 78.2 Å². The normalized spacial score (nSPS) is 17.6. The quantitative estimate of drug-likeness (QED) is 0.0405. The maximum absolute atomic E-state index is 13.8. The van der Waals surface area contributed by atoms with Gasteiger partial charge in [0.15, 0.2) is 23.0 Å². The molecule has 0 bridgehead atoms. The third-order valence-corrected chi connectivity index (χ3v) is 13.0. The number of hydrogen-bond donors (Lipinski definition) is 0. The summed E-state index contributed by atoms with van der Waals surface area (Å²) in [7, 11) is 4.64. The number of nitrogens with zero attached hydrogens (tertiary/aromatic N) is 6. The molecular weight excluding hydrogens is 969 g/mol. The number of methoxy groups -OCH3 is 3. The number of carbonyl (C=O) groups excluding carboxylic acids is 4. The Morgan fingerprint density at radius 2 is 1.16 bits per heavy atom. The lowest BCUT2D eigenvalue weighted by Gasteiger charge is -2.23. The Kier molecular flexibility index (Phi) is 21.0. The monoisotopic (exact) mass is 1040 g/mol. The Labute approximate surface area is 438 Å². The molecule has 2 unspecified atom stereocenters. The summed E-state index contributed by atoms with van der Waals surface area (Å²) >= 11 is 0. The Morgan fingerprint density at radius 1 is 0.640 bits per heavy atom. The van der Waals surface area contributed by atoms with Crippen LogP contribution >= 0.6 is 0 Å². The van der Waals surface area contributed by atoms with Gasteiger partial charge in [0.2, 0.25) is 5.91 Å². The smallest absolute Gasteiger partial charge is 0.305 e. The van der Waals surface area contributed by atoms with Crippen LogP contribution in [0.4, 0.5) is 11.4 Å².